The lowest BCUT2D eigenvalue weighted by molar-refractivity contribution is -0.141. The van der Waals surface area contributed by atoms with Crippen molar-refractivity contribution in [3.8, 4) is 11.5 Å². The van der Waals surface area contributed by atoms with Gasteiger partial charge in [0.05, 0.1) is 25.4 Å². The van der Waals surface area contributed by atoms with Crippen LogP contribution in [0.15, 0.2) is 18.2 Å². The molecule has 1 aromatic carbocycles. The summed E-state index contributed by atoms with van der Waals surface area (Å²) in [5.74, 6) is 3.21. The van der Waals surface area contributed by atoms with E-state index in [2.05, 4.69) is 39.8 Å². The molecule has 0 aromatic heterocycles. The van der Waals surface area contributed by atoms with Crippen LogP contribution in [-0.2, 0) is 9.53 Å². The molecule has 0 spiro atoms. The van der Waals surface area contributed by atoms with Crippen molar-refractivity contribution in [1.82, 2.24) is 4.90 Å². The smallest absolute Gasteiger partial charge is 0.248 e. The van der Waals surface area contributed by atoms with Crippen LogP contribution in [0.25, 0.3) is 0 Å². The van der Waals surface area contributed by atoms with E-state index in [-0.39, 0.29) is 30.6 Å². The number of amides is 1. The van der Waals surface area contributed by atoms with Gasteiger partial charge in [-0.15, -0.1) is 0 Å². The Hall–Kier alpha value is -1.79. The minimum atomic E-state index is -0.568. The molecular weight excluding hydrogens is 466 g/mol. The number of rotatable bonds is 9. The molecule has 1 amide bonds. The number of carbonyl (C=O) groups is 1. The number of carbonyl (C=O) groups excluding carboxylic acids is 1. The lowest BCUT2D eigenvalue weighted by Gasteiger charge is -2.37. The number of aliphatic hydroxyl groups is 1. The minimum absolute atomic E-state index is 0.00796. The third kappa shape index (κ3) is 6.27. The first kappa shape index (κ1) is 28.2. The van der Waals surface area contributed by atoms with Gasteiger partial charge in [-0.25, -0.2) is 0 Å². The number of aliphatic hydroxyl groups excluding tert-OH is 1. The second-order valence-corrected chi connectivity index (χ2v) is 12.6. The molecule has 1 saturated heterocycles. The van der Waals surface area contributed by atoms with E-state index in [1.165, 1.54) is 25.7 Å². The third-order valence-corrected chi connectivity index (χ3v) is 9.61. The molecule has 2 aliphatic carbocycles. The molecular formula is C31H49NO5. The van der Waals surface area contributed by atoms with Crippen LogP contribution < -0.4 is 9.47 Å². The normalized spacial score (nSPS) is 31.6. The van der Waals surface area contributed by atoms with Crippen LogP contribution in [0.3, 0.4) is 0 Å². The number of methoxy groups -OCH3 is 1. The molecule has 0 bridgehead atoms. The summed E-state index contributed by atoms with van der Waals surface area (Å²) in [4.78, 5) is 15.3. The second-order valence-electron chi connectivity index (χ2n) is 12.6. The van der Waals surface area contributed by atoms with Crippen LogP contribution in [0.1, 0.15) is 91.0 Å². The maximum Gasteiger partial charge on any atom is 0.248 e. The average molecular weight is 516 g/mol. The Morgan fingerprint density at radius 2 is 1.86 bits per heavy atom. The molecule has 1 aliphatic heterocycles. The van der Waals surface area contributed by atoms with E-state index in [9.17, 15) is 9.90 Å². The number of hydrogen-bond acceptors (Lipinski definition) is 5. The topological polar surface area (TPSA) is 68.2 Å². The molecule has 6 nitrogen and oxygen atoms in total. The summed E-state index contributed by atoms with van der Waals surface area (Å²) in [7, 11) is 1.67. The monoisotopic (exact) mass is 515 g/mol. The third-order valence-electron chi connectivity index (χ3n) is 9.61. The van der Waals surface area contributed by atoms with Gasteiger partial charge >= 0.3 is 0 Å². The van der Waals surface area contributed by atoms with E-state index in [1.54, 1.807) is 7.11 Å². The maximum absolute atomic E-state index is 13.4. The molecule has 3 unspecified atom stereocenters. The average Bonchev–Trinajstić information content (AvgIpc) is 3.50. The summed E-state index contributed by atoms with van der Waals surface area (Å²) in [5, 5.41) is 10.9. The van der Waals surface area contributed by atoms with Gasteiger partial charge in [-0.3, -0.25) is 4.79 Å². The largest absolute Gasteiger partial charge is 0.493 e. The lowest BCUT2D eigenvalue weighted by Crippen LogP contribution is -2.40. The van der Waals surface area contributed by atoms with Crippen molar-refractivity contribution in [3.63, 3.8) is 0 Å². The molecule has 2 saturated carbocycles. The van der Waals surface area contributed by atoms with Gasteiger partial charge < -0.3 is 24.2 Å². The number of ether oxygens (including phenoxy) is 3. The summed E-state index contributed by atoms with van der Waals surface area (Å²) >= 11 is 0. The van der Waals surface area contributed by atoms with Gasteiger partial charge in [-0.05, 0) is 80.9 Å². The first-order valence-corrected chi connectivity index (χ1v) is 14.5. The summed E-state index contributed by atoms with van der Waals surface area (Å²) < 4.78 is 18.3. The predicted octanol–water partition coefficient (Wildman–Crippen LogP) is 5.81. The van der Waals surface area contributed by atoms with Crippen molar-refractivity contribution in [2.24, 2.45) is 23.2 Å². The molecule has 1 N–H and O–H groups in total. The lowest BCUT2D eigenvalue weighted by atomic mass is 9.72. The molecule has 208 valence electrons. The standard InChI is InChI=1S/C31H49NO5/c1-20(2)25-13-11-21(3)15-28(25)36-18-30(34)32-17-26(31(5,19-32)22(4)33)23-12-14-27(35-6)29(16-23)37-24-9-7-8-10-24/h12,14,16,20-22,24-26,28,33H,7-11,13,15,17-19H2,1-6H3/t21?,22-,25?,26+,28?,31+/m1/s1. The summed E-state index contributed by atoms with van der Waals surface area (Å²) in [6, 6.07) is 6.10. The molecule has 3 fully saturated rings. The van der Waals surface area contributed by atoms with Crippen molar-refractivity contribution >= 4 is 5.91 Å². The zero-order chi connectivity index (χ0) is 26.7. The van der Waals surface area contributed by atoms with E-state index in [0.29, 0.717) is 30.8 Å². The highest BCUT2D eigenvalue weighted by Crippen LogP contribution is 2.47. The molecule has 0 radical (unpaired) electrons. The Bertz CT molecular complexity index is 911. The van der Waals surface area contributed by atoms with Gasteiger partial charge in [0.2, 0.25) is 5.91 Å². The number of benzene rings is 1. The first-order chi connectivity index (χ1) is 17.6. The van der Waals surface area contributed by atoms with E-state index < -0.39 is 11.5 Å². The van der Waals surface area contributed by atoms with Gasteiger partial charge in [0.25, 0.3) is 0 Å². The number of likely N-dealkylation sites (tertiary alicyclic amines) is 1. The highest BCUT2D eigenvalue weighted by molar-refractivity contribution is 5.78. The number of hydrogen-bond donors (Lipinski definition) is 1. The van der Waals surface area contributed by atoms with Crippen molar-refractivity contribution in [3.05, 3.63) is 23.8 Å². The first-order valence-electron chi connectivity index (χ1n) is 14.5. The fourth-order valence-electron chi connectivity index (χ4n) is 6.88. The van der Waals surface area contributed by atoms with E-state index in [0.717, 1.165) is 36.3 Å². The summed E-state index contributed by atoms with van der Waals surface area (Å²) in [5.41, 5.74) is 0.615. The van der Waals surface area contributed by atoms with Crippen molar-refractivity contribution < 1.29 is 24.1 Å². The van der Waals surface area contributed by atoms with Crippen LogP contribution in [0.5, 0.6) is 11.5 Å². The van der Waals surface area contributed by atoms with Crippen LogP contribution in [0.2, 0.25) is 0 Å². The summed E-state index contributed by atoms with van der Waals surface area (Å²) in [6.07, 6.45) is 7.79. The Labute approximate surface area is 224 Å². The zero-order valence-corrected chi connectivity index (χ0v) is 23.9. The zero-order valence-electron chi connectivity index (χ0n) is 23.9. The fourth-order valence-corrected chi connectivity index (χ4v) is 6.88. The highest BCUT2D eigenvalue weighted by atomic mass is 16.5. The van der Waals surface area contributed by atoms with Crippen LogP contribution in [0.4, 0.5) is 0 Å². The molecule has 6 atom stereocenters. The molecule has 1 aromatic rings. The van der Waals surface area contributed by atoms with Gasteiger partial charge in [0.15, 0.2) is 11.5 Å². The van der Waals surface area contributed by atoms with E-state index in [1.807, 2.05) is 17.9 Å². The number of nitrogens with zero attached hydrogens (tertiary/aromatic N) is 1. The van der Waals surface area contributed by atoms with Gasteiger partial charge in [0, 0.05) is 24.4 Å². The minimum Gasteiger partial charge on any atom is -0.493 e. The molecule has 1 heterocycles. The highest BCUT2D eigenvalue weighted by Gasteiger charge is 2.48. The Balaban J connectivity index is 1.48. The van der Waals surface area contributed by atoms with Crippen LogP contribution in [-0.4, -0.2) is 61.0 Å². The van der Waals surface area contributed by atoms with E-state index >= 15 is 0 Å². The molecule has 37 heavy (non-hydrogen) atoms. The van der Waals surface area contributed by atoms with E-state index in [4.69, 9.17) is 14.2 Å². The molecule has 3 aliphatic rings. The summed E-state index contributed by atoms with van der Waals surface area (Å²) in [6.45, 7) is 11.9. The van der Waals surface area contributed by atoms with Gasteiger partial charge in [-0.1, -0.05) is 40.2 Å². The molecule has 4 rings (SSSR count). The van der Waals surface area contributed by atoms with Crippen molar-refractivity contribution in [2.75, 3.05) is 26.8 Å². The van der Waals surface area contributed by atoms with Crippen molar-refractivity contribution in [2.45, 2.75) is 104 Å². The van der Waals surface area contributed by atoms with Gasteiger partial charge in [0.1, 0.15) is 6.61 Å². The Morgan fingerprint density at radius 1 is 1.14 bits per heavy atom. The fraction of sp³-hybridized carbons (Fsp3) is 0.774. The predicted molar refractivity (Wildman–Crippen MR) is 146 cm³/mol. The Kier molecular flexibility index (Phi) is 9.11. The van der Waals surface area contributed by atoms with Gasteiger partial charge in [-0.2, -0.15) is 0 Å². The van der Waals surface area contributed by atoms with Crippen LogP contribution in [0, 0.1) is 23.2 Å². The van der Waals surface area contributed by atoms with Crippen molar-refractivity contribution in [1.29, 1.82) is 0 Å². The quantitative estimate of drug-likeness (QED) is 0.450. The molecule has 6 heteroatoms. The second kappa shape index (κ2) is 11.9. The van der Waals surface area contributed by atoms with Crippen LogP contribution >= 0.6 is 0 Å². The Morgan fingerprint density at radius 3 is 2.51 bits per heavy atom. The SMILES string of the molecule is COc1ccc([C@@H]2CN(C(=O)COC3CC(C)CCC3C(C)C)C[C@@]2(C)[C@@H](C)O)cc1OC1CCCC1. The maximum atomic E-state index is 13.4.